The molecule has 0 saturated heterocycles. The Labute approximate surface area is 88.0 Å². The number of hydrogen-bond donors (Lipinski definition) is 0. The van der Waals surface area contributed by atoms with Crippen LogP contribution in [0.1, 0.15) is 5.56 Å². The first kappa shape index (κ1) is 11.4. The number of rotatable bonds is 3. The first-order chi connectivity index (χ1) is 6.54. The van der Waals surface area contributed by atoms with Gasteiger partial charge in [-0.05, 0) is 18.2 Å². The maximum absolute atomic E-state index is 12.2. The van der Waals surface area contributed by atoms with Crippen molar-refractivity contribution in [3.63, 3.8) is 0 Å². The molecule has 0 N–H and O–H groups in total. The summed E-state index contributed by atoms with van der Waals surface area (Å²) in [6.07, 6.45) is -4.31. The van der Waals surface area contributed by atoms with Gasteiger partial charge in [0.2, 0.25) is 0 Å². The van der Waals surface area contributed by atoms with Crippen molar-refractivity contribution in [2.75, 3.05) is 11.9 Å². The van der Waals surface area contributed by atoms with Gasteiger partial charge in [-0.2, -0.15) is 13.2 Å². The molecule has 1 aromatic rings. The zero-order valence-electron chi connectivity index (χ0n) is 7.14. The molecule has 0 unspecified atom stereocenters. The van der Waals surface area contributed by atoms with E-state index in [4.69, 9.17) is 4.74 Å². The molecule has 1 rings (SSSR count). The van der Waals surface area contributed by atoms with Crippen molar-refractivity contribution >= 4 is 15.9 Å². The third-order valence-electron chi connectivity index (χ3n) is 1.51. The molecule has 1 nitrogen and oxygen atoms in total. The Morgan fingerprint density at radius 1 is 1.29 bits per heavy atom. The molecule has 0 spiro atoms. The lowest BCUT2D eigenvalue weighted by atomic mass is 10.2. The second kappa shape index (κ2) is 4.68. The summed E-state index contributed by atoms with van der Waals surface area (Å²) in [6.45, 7) is 0.349. The van der Waals surface area contributed by atoms with Crippen molar-refractivity contribution in [2.45, 2.75) is 6.18 Å². The summed E-state index contributed by atoms with van der Waals surface area (Å²) in [5.74, 6) is 0.235. The van der Waals surface area contributed by atoms with Crippen LogP contribution in [0, 0.1) is 0 Å². The Kier molecular flexibility index (Phi) is 3.80. The summed E-state index contributed by atoms with van der Waals surface area (Å²) >= 11 is 3.12. The smallest absolute Gasteiger partial charge is 0.416 e. The third kappa shape index (κ3) is 3.21. The van der Waals surface area contributed by atoms with E-state index in [-0.39, 0.29) is 5.75 Å². The zero-order chi connectivity index (χ0) is 10.6. The van der Waals surface area contributed by atoms with Crippen LogP contribution in [0.15, 0.2) is 24.3 Å². The van der Waals surface area contributed by atoms with Gasteiger partial charge in [0.25, 0.3) is 0 Å². The molecule has 0 fully saturated rings. The normalized spacial score (nSPS) is 11.4. The van der Waals surface area contributed by atoms with Gasteiger partial charge in [-0.3, -0.25) is 0 Å². The summed E-state index contributed by atoms with van der Waals surface area (Å²) < 4.78 is 41.7. The van der Waals surface area contributed by atoms with E-state index in [9.17, 15) is 13.2 Å². The van der Waals surface area contributed by atoms with Crippen LogP contribution >= 0.6 is 15.9 Å². The lowest BCUT2D eigenvalue weighted by Gasteiger charge is -2.09. The van der Waals surface area contributed by atoms with Crippen LogP contribution in [0.3, 0.4) is 0 Å². The van der Waals surface area contributed by atoms with Crippen molar-refractivity contribution in [2.24, 2.45) is 0 Å². The van der Waals surface area contributed by atoms with Gasteiger partial charge in [0, 0.05) is 5.33 Å². The number of alkyl halides is 4. The van der Waals surface area contributed by atoms with Gasteiger partial charge in [0.15, 0.2) is 0 Å². The van der Waals surface area contributed by atoms with E-state index in [2.05, 4.69) is 15.9 Å². The van der Waals surface area contributed by atoms with Crippen LogP contribution < -0.4 is 4.74 Å². The summed E-state index contributed by atoms with van der Waals surface area (Å²) in [5, 5.41) is 0.587. The highest BCUT2D eigenvalue weighted by atomic mass is 79.9. The fourth-order valence-electron chi connectivity index (χ4n) is 0.919. The van der Waals surface area contributed by atoms with E-state index in [1.54, 1.807) is 0 Å². The maximum atomic E-state index is 12.2. The number of halogens is 4. The Hall–Kier alpha value is -0.710. The monoisotopic (exact) mass is 268 g/mol. The van der Waals surface area contributed by atoms with Crippen LogP contribution in [-0.4, -0.2) is 11.9 Å². The van der Waals surface area contributed by atoms with E-state index in [0.717, 1.165) is 12.1 Å². The quantitative estimate of drug-likeness (QED) is 0.763. The summed E-state index contributed by atoms with van der Waals surface area (Å²) in [5.41, 5.74) is -0.690. The molecule has 0 aliphatic carbocycles. The molecule has 0 atom stereocenters. The molecule has 0 bridgehead atoms. The van der Waals surface area contributed by atoms with E-state index in [0.29, 0.717) is 11.9 Å². The predicted molar refractivity (Wildman–Crippen MR) is 50.7 cm³/mol. The molecule has 0 aliphatic rings. The van der Waals surface area contributed by atoms with Gasteiger partial charge in [-0.25, -0.2) is 0 Å². The molecule has 0 amide bonds. The van der Waals surface area contributed by atoms with E-state index in [1.807, 2.05) is 0 Å². The van der Waals surface area contributed by atoms with Crippen molar-refractivity contribution in [3.05, 3.63) is 29.8 Å². The molecule has 0 radical (unpaired) electrons. The summed E-state index contributed by atoms with van der Waals surface area (Å²) in [4.78, 5) is 0. The van der Waals surface area contributed by atoms with Crippen LogP contribution in [-0.2, 0) is 6.18 Å². The second-order valence-corrected chi connectivity index (χ2v) is 3.36. The highest BCUT2D eigenvalue weighted by Gasteiger charge is 2.30. The lowest BCUT2D eigenvalue weighted by molar-refractivity contribution is -0.137. The van der Waals surface area contributed by atoms with Gasteiger partial charge >= 0.3 is 6.18 Å². The molecule has 78 valence electrons. The van der Waals surface area contributed by atoms with Crippen molar-refractivity contribution in [1.29, 1.82) is 0 Å². The molecular weight excluding hydrogens is 261 g/mol. The molecule has 0 heterocycles. The lowest BCUT2D eigenvalue weighted by Crippen LogP contribution is -2.05. The molecule has 0 saturated carbocycles. The fourth-order valence-corrected chi connectivity index (χ4v) is 1.08. The fraction of sp³-hybridized carbons (Fsp3) is 0.333. The molecule has 0 aliphatic heterocycles. The topological polar surface area (TPSA) is 9.23 Å². The van der Waals surface area contributed by atoms with Crippen LogP contribution in [0.25, 0.3) is 0 Å². The Balaban J connectivity index is 2.79. The SMILES string of the molecule is FC(F)(F)c1cccc(OCCBr)c1. The Morgan fingerprint density at radius 3 is 2.57 bits per heavy atom. The maximum Gasteiger partial charge on any atom is 0.416 e. The standard InChI is InChI=1S/C9H8BrF3O/c10-4-5-14-8-3-1-2-7(6-8)9(11,12)13/h1-3,6H,4-5H2. The summed E-state index contributed by atoms with van der Waals surface area (Å²) in [7, 11) is 0. The minimum Gasteiger partial charge on any atom is -0.493 e. The van der Waals surface area contributed by atoms with Crippen molar-refractivity contribution < 1.29 is 17.9 Å². The van der Waals surface area contributed by atoms with Gasteiger partial charge in [0.05, 0.1) is 12.2 Å². The van der Waals surface area contributed by atoms with Gasteiger partial charge in [0.1, 0.15) is 5.75 Å². The molecule has 14 heavy (non-hydrogen) atoms. The molecule has 5 heteroatoms. The van der Waals surface area contributed by atoms with Gasteiger partial charge in [-0.1, -0.05) is 22.0 Å². The second-order valence-electron chi connectivity index (χ2n) is 2.56. The minimum absolute atomic E-state index is 0.235. The molecule has 1 aromatic carbocycles. The van der Waals surface area contributed by atoms with E-state index >= 15 is 0 Å². The van der Waals surface area contributed by atoms with Gasteiger partial charge in [-0.15, -0.1) is 0 Å². The molecular formula is C9H8BrF3O. The number of ether oxygens (including phenoxy) is 1. The van der Waals surface area contributed by atoms with Crippen molar-refractivity contribution in [3.8, 4) is 5.75 Å². The Bertz CT molecular complexity index is 298. The van der Waals surface area contributed by atoms with E-state index < -0.39 is 11.7 Å². The van der Waals surface area contributed by atoms with Crippen LogP contribution in [0.5, 0.6) is 5.75 Å². The zero-order valence-corrected chi connectivity index (χ0v) is 8.73. The number of hydrogen-bond acceptors (Lipinski definition) is 1. The van der Waals surface area contributed by atoms with E-state index in [1.165, 1.54) is 12.1 Å². The van der Waals surface area contributed by atoms with Crippen LogP contribution in [0.2, 0.25) is 0 Å². The van der Waals surface area contributed by atoms with Crippen LogP contribution in [0.4, 0.5) is 13.2 Å². The van der Waals surface area contributed by atoms with Gasteiger partial charge < -0.3 is 4.74 Å². The average molecular weight is 269 g/mol. The first-order valence-corrected chi connectivity index (χ1v) is 5.02. The highest BCUT2D eigenvalue weighted by Crippen LogP contribution is 2.31. The van der Waals surface area contributed by atoms with Crippen molar-refractivity contribution in [1.82, 2.24) is 0 Å². The summed E-state index contributed by atoms with van der Waals surface area (Å²) in [6, 6.07) is 4.83. The largest absolute Gasteiger partial charge is 0.493 e. The first-order valence-electron chi connectivity index (χ1n) is 3.90. The Morgan fingerprint density at radius 2 is 2.00 bits per heavy atom. The number of benzene rings is 1. The minimum atomic E-state index is -4.31. The molecule has 0 aromatic heterocycles. The third-order valence-corrected chi connectivity index (χ3v) is 1.83. The predicted octanol–water partition coefficient (Wildman–Crippen LogP) is 3.48. The highest BCUT2D eigenvalue weighted by molar-refractivity contribution is 9.09. The average Bonchev–Trinajstić information content (AvgIpc) is 2.14.